The summed E-state index contributed by atoms with van der Waals surface area (Å²) in [6.07, 6.45) is 0. The number of amides is 2. The van der Waals surface area contributed by atoms with Crippen LogP contribution in [0.15, 0.2) is 18.2 Å². The second-order valence-electron chi connectivity index (χ2n) is 4.03. The van der Waals surface area contributed by atoms with Crippen LogP contribution in [0.25, 0.3) is 0 Å². The zero-order valence-electron chi connectivity index (χ0n) is 10.1. The highest BCUT2D eigenvalue weighted by Crippen LogP contribution is 2.13. The van der Waals surface area contributed by atoms with Gasteiger partial charge in [0.05, 0.1) is 0 Å². The van der Waals surface area contributed by atoms with Crippen LogP contribution in [0.3, 0.4) is 0 Å². The van der Waals surface area contributed by atoms with Crippen molar-refractivity contribution in [2.24, 2.45) is 0 Å². The molecule has 3 N–H and O–H groups in total. The highest BCUT2D eigenvalue weighted by Gasteiger charge is 2.13. The quantitative estimate of drug-likeness (QED) is 0.750. The second kappa shape index (κ2) is 5.34. The molecule has 0 radical (unpaired) electrons. The van der Waals surface area contributed by atoms with Crippen molar-refractivity contribution in [3.63, 3.8) is 0 Å². The summed E-state index contributed by atoms with van der Waals surface area (Å²) in [4.78, 5) is 22.0. The van der Waals surface area contributed by atoms with Crippen LogP contribution in [0.4, 0.5) is 10.5 Å². The average molecular weight is 236 g/mol. The smallest absolute Gasteiger partial charge is 0.325 e. The summed E-state index contributed by atoms with van der Waals surface area (Å²) in [7, 11) is 0. The highest BCUT2D eigenvalue weighted by atomic mass is 16.4. The molecule has 5 nitrogen and oxygen atoms in total. The highest BCUT2D eigenvalue weighted by molar-refractivity contribution is 5.92. The van der Waals surface area contributed by atoms with E-state index in [9.17, 15) is 9.59 Å². The number of benzene rings is 1. The Kier molecular flexibility index (Phi) is 4.09. The fourth-order valence-electron chi connectivity index (χ4n) is 1.47. The summed E-state index contributed by atoms with van der Waals surface area (Å²) in [6, 6.07) is 4.18. The van der Waals surface area contributed by atoms with Gasteiger partial charge in [0.15, 0.2) is 0 Å². The third-order valence-corrected chi connectivity index (χ3v) is 2.20. The third kappa shape index (κ3) is 4.14. The number of anilines is 1. The summed E-state index contributed by atoms with van der Waals surface area (Å²) in [6.45, 7) is 5.26. The van der Waals surface area contributed by atoms with Gasteiger partial charge in [0.25, 0.3) is 0 Å². The van der Waals surface area contributed by atoms with Gasteiger partial charge in [-0.15, -0.1) is 0 Å². The van der Waals surface area contributed by atoms with Crippen LogP contribution in [0.5, 0.6) is 0 Å². The lowest BCUT2D eigenvalue weighted by Gasteiger charge is -2.11. The number of hydrogen-bond acceptors (Lipinski definition) is 2. The van der Waals surface area contributed by atoms with E-state index in [2.05, 4.69) is 10.6 Å². The molecule has 92 valence electrons. The molecule has 0 aromatic heterocycles. The summed E-state index contributed by atoms with van der Waals surface area (Å²) < 4.78 is 0. The van der Waals surface area contributed by atoms with Crippen LogP contribution in [-0.4, -0.2) is 23.1 Å². The van der Waals surface area contributed by atoms with E-state index in [0.717, 1.165) is 11.1 Å². The van der Waals surface area contributed by atoms with Crippen LogP contribution in [-0.2, 0) is 4.79 Å². The minimum atomic E-state index is -1.07. The maximum atomic E-state index is 11.5. The molecular formula is C12H16N2O3. The molecule has 0 aliphatic rings. The summed E-state index contributed by atoms with van der Waals surface area (Å²) in [5, 5.41) is 13.6. The summed E-state index contributed by atoms with van der Waals surface area (Å²) in [5.74, 6) is -1.07. The Labute approximate surface area is 99.8 Å². The number of carbonyl (C=O) groups is 2. The van der Waals surface area contributed by atoms with Crippen LogP contribution >= 0.6 is 0 Å². The standard InChI is InChI=1S/C12H16N2O3/c1-7-4-8(2)6-10(5-7)14-12(17)13-9(3)11(15)16/h4-6,9H,1-3H3,(H,15,16)(H2,13,14,17)/t9-/m1/s1. The van der Waals surface area contributed by atoms with E-state index in [0.29, 0.717) is 5.69 Å². The first-order valence-corrected chi connectivity index (χ1v) is 5.27. The molecule has 0 aliphatic carbocycles. The van der Waals surface area contributed by atoms with Gasteiger partial charge in [0.2, 0.25) is 0 Å². The van der Waals surface area contributed by atoms with Gasteiger partial charge in [-0.2, -0.15) is 0 Å². The third-order valence-electron chi connectivity index (χ3n) is 2.20. The fraction of sp³-hybridized carbons (Fsp3) is 0.333. The zero-order chi connectivity index (χ0) is 13.0. The van der Waals surface area contributed by atoms with E-state index in [1.54, 1.807) is 0 Å². The number of nitrogens with one attached hydrogen (secondary N) is 2. The van der Waals surface area contributed by atoms with Crippen LogP contribution < -0.4 is 10.6 Å². The molecule has 1 aromatic rings. The van der Waals surface area contributed by atoms with E-state index in [1.807, 2.05) is 32.0 Å². The zero-order valence-corrected chi connectivity index (χ0v) is 10.1. The number of carbonyl (C=O) groups excluding carboxylic acids is 1. The number of carboxylic acid groups (broad SMARTS) is 1. The second-order valence-corrected chi connectivity index (χ2v) is 4.03. The molecule has 1 rings (SSSR count). The van der Waals surface area contributed by atoms with Gasteiger partial charge < -0.3 is 15.7 Å². The molecule has 0 heterocycles. The van der Waals surface area contributed by atoms with Gasteiger partial charge in [0, 0.05) is 5.69 Å². The molecule has 0 saturated heterocycles. The monoisotopic (exact) mass is 236 g/mol. The molecule has 0 saturated carbocycles. The Bertz CT molecular complexity index is 423. The molecule has 0 aliphatic heterocycles. The van der Waals surface area contributed by atoms with Crippen molar-refractivity contribution in [2.45, 2.75) is 26.8 Å². The minimum Gasteiger partial charge on any atom is -0.480 e. The molecule has 2 amide bonds. The van der Waals surface area contributed by atoms with Crippen LogP contribution in [0, 0.1) is 13.8 Å². The molecule has 0 unspecified atom stereocenters. The van der Waals surface area contributed by atoms with Crippen molar-refractivity contribution >= 4 is 17.7 Å². The van der Waals surface area contributed by atoms with Gasteiger partial charge in [-0.05, 0) is 44.0 Å². The van der Waals surface area contributed by atoms with E-state index in [4.69, 9.17) is 5.11 Å². The SMILES string of the molecule is Cc1cc(C)cc(NC(=O)N[C@H](C)C(=O)O)c1. The minimum absolute atomic E-state index is 0.523. The van der Waals surface area contributed by atoms with Crippen molar-refractivity contribution in [3.05, 3.63) is 29.3 Å². The topological polar surface area (TPSA) is 78.4 Å². The Balaban J connectivity index is 2.65. The maximum Gasteiger partial charge on any atom is 0.325 e. The molecule has 17 heavy (non-hydrogen) atoms. The summed E-state index contributed by atoms with van der Waals surface area (Å²) in [5.41, 5.74) is 2.72. The van der Waals surface area contributed by atoms with Crippen molar-refractivity contribution in [3.8, 4) is 0 Å². The van der Waals surface area contributed by atoms with Crippen molar-refractivity contribution in [1.82, 2.24) is 5.32 Å². The average Bonchev–Trinajstić information content (AvgIpc) is 2.14. The van der Waals surface area contributed by atoms with E-state index in [1.165, 1.54) is 6.92 Å². The first kappa shape index (κ1) is 13.0. The van der Waals surface area contributed by atoms with Gasteiger partial charge in [-0.3, -0.25) is 4.79 Å². The predicted molar refractivity (Wildman–Crippen MR) is 65.2 cm³/mol. The Hall–Kier alpha value is -2.04. The van der Waals surface area contributed by atoms with Crippen molar-refractivity contribution in [1.29, 1.82) is 0 Å². The molecule has 0 fully saturated rings. The summed E-state index contributed by atoms with van der Waals surface area (Å²) >= 11 is 0. The Morgan fingerprint density at radius 3 is 2.18 bits per heavy atom. The molecular weight excluding hydrogens is 220 g/mol. The normalized spacial score (nSPS) is 11.7. The van der Waals surface area contributed by atoms with Crippen LogP contribution in [0.2, 0.25) is 0 Å². The fourth-order valence-corrected chi connectivity index (χ4v) is 1.47. The first-order chi connectivity index (χ1) is 7.88. The Morgan fingerprint density at radius 1 is 1.18 bits per heavy atom. The Morgan fingerprint density at radius 2 is 1.71 bits per heavy atom. The number of hydrogen-bond donors (Lipinski definition) is 3. The largest absolute Gasteiger partial charge is 0.480 e. The van der Waals surface area contributed by atoms with Gasteiger partial charge in [0.1, 0.15) is 6.04 Å². The molecule has 0 bridgehead atoms. The van der Waals surface area contributed by atoms with E-state index in [-0.39, 0.29) is 0 Å². The maximum absolute atomic E-state index is 11.5. The number of rotatable bonds is 3. The van der Waals surface area contributed by atoms with Gasteiger partial charge in [-0.1, -0.05) is 6.07 Å². The van der Waals surface area contributed by atoms with Crippen LogP contribution in [0.1, 0.15) is 18.1 Å². The van der Waals surface area contributed by atoms with E-state index >= 15 is 0 Å². The predicted octanol–water partition coefficient (Wildman–Crippen LogP) is 1.90. The molecule has 1 atom stereocenters. The lowest BCUT2D eigenvalue weighted by atomic mass is 10.1. The number of urea groups is 1. The number of aliphatic carboxylic acids is 1. The number of carboxylic acids is 1. The number of aryl methyl sites for hydroxylation is 2. The van der Waals surface area contributed by atoms with Crippen molar-refractivity contribution in [2.75, 3.05) is 5.32 Å². The van der Waals surface area contributed by atoms with Gasteiger partial charge in [-0.25, -0.2) is 4.79 Å². The van der Waals surface area contributed by atoms with Gasteiger partial charge >= 0.3 is 12.0 Å². The van der Waals surface area contributed by atoms with Crippen molar-refractivity contribution < 1.29 is 14.7 Å². The molecule has 0 spiro atoms. The molecule has 5 heteroatoms. The lowest BCUT2D eigenvalue weighted by Crippen LogP contribution is -2.40. The lowest BCUT2D eigenvalue weighted by molar-refractivity contribution is -0.138. The molecule has 1 aromatic carbocycles. The first-order valence-electron chi connectivity index (χ1n) is 5.27. The van der Waals surface area contributed by atoms with E-state index < -0.39 is 18.0 Å².